The lowest BCUT2D eigenvalue weighted by molar-refractivity contribution is 0.370. The summed E-state index contributed by atoms with van der Waals surface area (Å²) in [5.41, 5.74) is 2.18. The SMILES string of the molecule is CN=C(NCc1cccc(-c2ncn[nH]2)c1)N1CCN(c2ncccn2)CC1.I. The molecule has 152 valence electrons. The fraction of sp³-hybridized carbons (Fsp3) is 0.316. The van der Waals surface area contributed by atoms with Gasteiger partial charge in [-0.2, -0.15) is 5.10 Å². The molecule has 3 aromatic rings. The summed E-state index contributed by atoms with van der Waals surface area (Å²) in [6.45, 7) is 4.17. The van der Waals surface area contributed by atoms with Crippen LogP contribution in [0.2, 0.25) is 0 Å². The van der Waals surface area contributed by atoms with E-state index < -0.39 is 0 Å². The van der Waals surface area contributed by atoms with Crippen LogP contribution in [0.4, 0.5) is 5.95 Å². The van der Waals surface area contributed by atoms with Crippen LogP contribution < -0.4 is 10.2 Å². The van der Waals surface area contributed by atoms with E-state index in [1.54, 1.807) is 12.4 Å². The number of hydrogen-bond donors (Lipinski definition) is 2. The number of anilines is 1. The van der Waals surface area contributed by atoms with Crippen LogP contribution in [0.1, 0.15) is 5.56 Å². The second kappa shape index (κ2) is 10.1. The van der Waals surface area contributed by atoms with E-state index in [9.17, 15) is 0 Å². The molecule has 2 aromatic heterocycles. The smallest absolute Gasteiger partial charge is 0.225 e. The summed E-state index contributed by atoms with van der Waals surface area (Å²) in [6.07, 6.45) is 5.08. The predicted molar refractivity (Wildman–Crippen MR) is 123 cm³/mol. The molecule has 1 fully saturated rings. The predicted octanol–water partition coefficient (Wildman–Crippen LogP) is 1.78. The number of nitrogens with zero attached hydrogens (tertiary/aromatic N) is 7. The van der Waals surface area contributed by atoms with E-state index in [1.807, 2.05) is 25.2 Å². The molecule has 1 aliphatic rings. The number of benzene rings is 1. The summed E-state index contributed by atoms with van der Waals surface area (Å²) in [4.78, 5) is 21.8. The van der Waals surface area contributed by atoms with Gasteiger partial charge in [0, 0.05) is 57.7 Å². The van der Waals surface area contributed by atoms with Crippen LogP contribution in [0.5, 0.6) is 0 Å². The highest BCUT2D eigenvalue weighted by Gasteiger charge is 2.21. The van der Waals surface area contributed by atoms with Gasteiger partial charge in [-0.1, -0.05) is 18.2 Å². The first-order chi connectivity index (χ1) is 13.8. The van der Waals surface area contributed by atoms with Crippen molar-refractivity contribution >= 4 is 35.9 Å². The van der Waals surface area contributed by atoms with E-state index in [4.69, 9.17) is 0 Å². The molecule has 1 aromatic carbocycles. The molecule has 2 N–H and O–H groups in total. The largest absolute Gasteiger partial charge is 0.352 e. The molecule has 0 unspecified atom stereocenters. The van der Waals surface area contributed by atoms with E-state index >= 15 is 0 Å². The van der Waals surface area contributed by atoms with Gasteiger partial charge in [0.05, 0.1) is 0 Å². The van der Waals surface area contributed by atoms with E-state index in [0.717, 1.165) is 55.0 Å². The molecule has 3 heterocycles. The maximum absolute atomic E-state index is 4.45. The van der Waals surface area contributed by atoms with Crippen LogP contribution >= 0.6 is 24.0 Å². The van der Waals surface area contributed by atoms with E-state index in [1.165, 1.54) is 6.33 Å². The third-order valence-corrected chi connectivity index (χ3v) is 4.69. The molecule has 1 aliphatic heterocycles. The van der Waals surface area contributed by atoms with Crippen molar-refractivity contribution in [1.82, 2.24) is 35.4 Å². The molecule has 9 nitrogen and oxygen atoms in total. The van der Waals surface area contributed by atoms with Crippen LogP contribution in [0, 0.1) is 0 Å². The van der Waals surface area contributed by atoms with Crippen molar-refractivity contribution in [2.45, 2.75) is 6.54 Å². The number of hydrogen-bond acceptors (Lipinski definition) is 6. The number of piperazine rings is 1. The number of guanidine groups is 1. The standard InChI is InChI=1S/C19H23N9.HI/c1-20-18(27-8-10-28(11-9-27)19-21-6-3-7-22-19)23-13-15-4-2-5-16(12-15)17-24-14-25-26-17;/h2-7,12,14H,8-11,13H2,1H3,(H,20,23)(H,24,25,26);1H. The van der Waals surface area contributed by atoms with Gasteiger partial charge in [0.15, 0.2) is 11.8 Å². The van der Waals surface area contributed by atoms with Gasteiger partial charge in [-0.25, -0.2) is 15.0 Å². The molecule has 1 saturated heterocycles. The average molecular weight is 505 g/mol. The van der Waals surface area contributed by atoms with Crippen molar-refractivity contribution in [2.75, 3.05) is 38.1 Å². The second-order valence-electron chi connectivity index (χ2n) is 6.46. The number of halogens is 1. The van der Waals surface area contributed by atoms with Gasteiger partial charge in [-0.15, -0.1) is 24.0 Å². The number of H-pyrrole nitrogens is 1. The molecular weight excluding hydrogens is 481 g/mol. The van der Waals surface area contributed by atoms with Crippen molar-refractivity contribution in [3.05, 3.63) is 54.6 Å². The van der Waals surface area contributed by atoms with E-state index in [-0.39, 0.29) is 24.0 Å². The number of aromatic nitrogens is 5. The molecule has 0 spiro atoms. The van der Waals surface area contributed by atoms with Crippen molar-refractivity contribution in [1.29, 1.82) is 0 Å². The molecule has 0 saturated carbocycles. The number of nitrogens with one attached hydrogen (secondary N) is 2. The van der Waals surface area contributed by atoms with Gasteiger partial charge in [-0.3, -0.25) is 10.1 Å². The zero-order chi connectivity index (χ0) is 19.2. The van der Waals surface area contributed by atoms with Crippen LogP contribution in [-0.2, 0) is 6.54 Å². The van der Waals surface area contributed by atoms with Crippen LogP contribution in [0.15, 0.2) is 54.0 Å². The normalized spacial score (nSPS) is 14.4. The van der Waals surface area contributed by atoms with Gasteiger partial charge in [0.1, 0.15) is 6.33 Å². The molecule has 0 bridgehead atoms. The molecule has 4 rings (SSSR count). The Morgan fingerprint density at radius 3 is 2.59 bits per heavy atom. The first-order valence-corrected chi connectivity index (χ1v) is 9.26. The van der Waals surface area contributed by atoms with E-state index in [2.05, 4.69) is 57.4 Å². The van der Waals surface area contributed by atoms with Crippen molar-refractivity contribution in [2.24, 2.45) is 4.99 Å². The van der Waals surface area contributed by atoms with Gasteiger partial charge in [-0.05, 0) is 17.7 Å². The van der Waals surface area contributed by atoms with Crippen LogP contribution in [0.25, 0.3) is 11.4 Å². The van der Waals surface area contributed by atoms with Crippen LogP contribution in [0.3, 0.4) is 0 Å². The molecular formula is C19H24IN9. The maximum Gasteiger partial charge on any atom is 0.225 e. The maximum atomic E-state index is 4.45. The van der Waals surface area contributed by atoms with Crippen molar-refractivity contribution in [3.63, 3.8) is 0 Å². The quantitative estimate of drug-likeness (QED) is 0.317. The summed E-state index contributed by atoms with van der Waals surface area (Å²) >= 11 is 0. The highest BCUT2D eigenvalue weighted by Crippen LogP contribution is 2.15. The fourth-order valence-corrected chi connectivity index (χ4v) is 3.26. The number of aliphatic imine (C=N–C) groups is 1. The molecule has 29 heavy (non-hydrogen) atoms. The minimum absolute atomic E-state index is 0. The first-order valence-electron chi connectivity index (χ1n) is 9.26. The minimum Gasteiger partial charge on any atom is -0.352 e. The summed E-state index contributed by atoms with van der Waals surface area (Å²) < 4.78 is 0. The molecule has 0 radical (unpaired) electrons. The number of rotatable bonds is 4. The highest BCUT2D eigenvalue weighted by atomic mass is 127. The lowest BCUT2D eigenvalue weighted by Crippen LogP contribution is -2.52. The Morgan fingerprint density at radius 1 is 1.10 bits per heavy atom. The molecule has 10 heteroatoms. The lowest BCUT2D eigenvalue weighted by atomic mass is 10.1. The van der Waals surface area contributed by atoms with E-state index in [0.29, 0.717) is 6.54 Å². The summed E-state index contributed by atoms with van der Waals surface area (Å²) in [7, 11) is 1.82. The number of aromatic amines is 1. The average Bonchev–Trinajstić information content (AvgIpc) is 3.31. The monoisotopic (exact) mass is 505 g/mol. The first kappa shape index (κ1) is 21.0. The van der Waals surface area contributed by atoms with Crippen molar-refractivity contribution < 1.29 is 0 Å². The highest BCUT2D eigenvalue weighted by molar-refractivity contribution is 14.0. The fourth-order valence-electron chi connectivity index (χ4n) is 3.26. The topological polar surface area (TPSA) is 98.2 Å². The van der Waals surface area contributed by atoms with Crippen LogP contribution in [-0.4, -0.2) is 69.2 Å². The lowest BCUT2D eigenvalue weighted by Gasteiger charge is -2.36. The molecule has 0 amide bonds. The van der Waals surface area contributed by atoms with Crippen molar-refractivity contribution in [3.8, 4) is 11.4 Å². The zero-order valence-corrected chi connectivity index (χ0v) is 18.5. The zero-order valence-electron chi connectivity index (χ0n) is 16.2. The summed E-state index contributed by atoms with van der Waals surface area (Å²) in [6, 6.07) is 10.1. The van der Waals surface area contributed by atoms with Gasteiger partial charge in [0.2, 0.25) is 5.95 Å². The Hall–Kier alpha value is -2.76. The minimum atomic E-state index is 0. The molecule has 0 aliphatic carbocycles. The van der Waals surface area contributed by atoms with Gasteiger partial charge >= 0.3 is 0 Å². The van der Waals surface area contributed by atoms with Gasteiger partial charge in [0.25, 0.3) is 0 Å². The Kier molecular flexibility index (Phi) is 7.33. The third kappa shape index (κ3) is 5.19. The Labute approximate surface area is 186 Å². The summed E-state index contributed by atoms with van der Waals surface area (Å²) in [5, 5.41) is 10.3. The van der Waals surface area contributed by atoms with Gasteiger partial charge < -0.3 is 15.1 Å². The third-order valence-electron chi connectivity index (χ3n) is 4.69. The Bertz CT molecular complexity index is 906. The molecule has 0 atom stereocenters. The Balaban J connectivity index is 0.00000240. The second-order valence-corrected chi connectivity index (χ2v) is 6.46. The Morgan fingerprint density at radius 2 is 1.90 bits per heavy atom. The summed E-state index contributed by atoms with van der Waals surface area (Å²) in [5.74, 6) is 2.46.